The van der Waals surface area contributed by atoms with E-state index in [2.05, 4.69) is 47.0 Å². The number of hydrogen-bond acceptors (Lipinski definition) is 4. The largest absolute Gasteiger partial charge is 0.385 e. The van der Waals surface area contributed by atoms with Crippen LogP contribution in [0.1, 0.15) is 23.8 Å². The van der Waals surface area contributed by atoms with Crippen LogP contribution < -0.4 is 5.32 Å². The first-order valence-corrected chi connectivity index (χ1v) is 9.35. The molecule has 0 bridgehead atoms. The summed E-state index contributed by atoms with van der Waals surface area (Å²) in [6.45, 7) is 4.67. The highest BCUT2D eigenvalue weighted by molar-refractivity contribution is 9.10. The minimum atomic E-state index is 0.477. The van der Waals surface area contributed by atoms with Crippen molar-refractivity contribution in [2.45, 2.75) is 26.4 Å². The fourth-order valence-electron chi connectivity index (χ4n) is 2.50. The topological polar surface area (TPSA) is 72.5 Å². The quantitative estimate of drug-likeness (QED) is 0.396. The molecule has 0 unspecified atom stereocenters. The third-order valence-electron chi connectivity index (χ3n) is 4.20. The van der Waals surface area contributed by atoms with Crippen molar-refractivity contribution >= 4 is 21.9 Å². The Kier molecular flexibility index (Phi) is 7.65. The van der Waals surface area contributed by atoms with Crippen LogP contribution in [0.5, 0.6) is 0 Å². The van der Waals surface area contributed by atoms with Gasteiger partial charge in [0.25, 0.3) is 0 Å². The molecule has 0 saturated carbocycles. The summed E-state index contributed by atoms with van der Waals surface area (Å²) in [5.74, 6) is 2.56. The second-order valence-electron chi connectivity index (χ2n) is 6.25. The lowest BCUT2D eigenvalue weighted by Gasteiger charge is -2.23. The second-order valence-corrected chi connectivity index (χ2v) is 7.17. The molecule has 2 aromatic rings. The van der Waals surface area contributed by atoms with Crippen molar-refractivity contribution in [3.8, 4) is 0 Å². The van der Waals surface area contributed by atoms with Gasteiger partial charge >= 0.3 is 0 Å². The van der Waals surface area contributed by atoms with E-state index in [4.69, 9.17) is 9.73 Å². The Labute approximate surface area is 163 Å². The average Bonchev–Trinajstić information content (AvgIpc) is 3.08. The Balaban J connectivity index is 2.09. The first kappa shape index (κ1) is 20.4. The van der Waals surface area contributed by atoms with E-state index in [1.807, 2.05) is 38.8 Å². The van der Waals surface area contributed by atoms with Crippen molar-refractivity contribution in [3.05, 3.63) is 34.1 Å². The zero-order chi connectivity index (χ0) is 19.1. The number of guanidine groups is 1. The summed E-state index contributed by atoms with van der Waals surface area (Å²) in [5, 5.41) is 11.7. The van der Waals surface area contributed by atoms with Crippen molar-refractivity contribution in [1.29, 1.82) is 0 Å². The Morgan fingerprint density at radius 1 is 1.38 bits per heavy atom. The second kappa shape index (κ2) is 9.72. The van der Waals surface area contributed by atoms with E-state index in [9.17, 15) is 0 Å². The van der Waals surface area contributed by atoms with Crippen LogP contribution in [0.3, 0.4) is 0 Å². The monoisotopic (exact) mass is 425 g/mol. The number of methoxy groups -OCH3 is 1. The predicted molar refractivity (Wildman–Crippen MR) is 106 cm³/mol. The molecule has 9 heteroatoms. The van der Waals surface area contributed by atoms with Crippen LogP contribution in [0.2, 0.25) is 0 Å². The van der Waals surface area contributed by atoms with Gasteiger partial charge in [0.05, 0.1) is 6.54 Å². The molecule has 144 valence electrons. The number of nitrogens with one attached hydrogen (secondary N) is 1. The van der Waals surface area contributed by atoms with Crippen LogP contribution in [-0.2, 0) is 31.9 Å². The summed E-state index contributed by atoms with van der Waals surface area (Å²) >= 11 is 3.52. The summed E-state index contributed by atoms with van der Waals surface area (Å²) in [6.07, 6.45) is 2.97. The lowest BCUT2D eigenvalue weighted by molar-refractivity contribution is 0.195. The van der Waals surface area contributed by atoms with E-state index in [0.717, 1.165) is 48.2 Å². The van der Waals surface area contributed by atoms with Gasteiger partial charge in [-0.25, -0.2) is 4.99 Å². The highest BCUT2D eigenvalue weighted by Gasteiger charge is 2.11. The molecule has 1 N–H and O–H groups in total. The smallest absolute Gasteiger partial charge is 0.194 e. The Bertz CT molecular complexity index is 738. The Morgan fingerprint density at radius 3 is 2.73 bits per heavy atom. The van der Waals surface area contributed by atoms with E-state index in [1.165, 1.54) is 5.69 Å². The maximum absolute atomic E-state index is 5.12. The SMILES string of the molecule is COCCCNC(=NCc1nnc(C)n1C)N(C)Cc1cc(Br)cn1C. The number of rotatable bonds is 8. The van der Waals surface area contributed by atoms with E-state index in [-0.39, 0.29) is 0 Å². The van der Waals surface area contributed by atoms with E-state index < -0.39 is 0 Å². The van der Waals surface area contributed by atoms with Crippen molar-refractivity contribution in [2.24, 2.45) is 19.1 Å². The van der Waals surface area contributed by atoms with Gasteiger partial charge in [0.15, 0.2) is 11.8 Å². The van der Waals surface area contributed by atoms with Crippen LogP contribution in [0, 0.1) is 6.92 Å². The molecule has 2 rings (SSSR count). The summed E-state index contributed by atoms with van der Waals surface area (Å²) in [7, 11) is 7.74. The third kappa shape index (κ3) is 5.57. The highest BCUT2D eigenvalue weighted by Crippen LogP contribution is 2.15. The normalized spacial score (nSPS) is 11.8. The van der Waals surface area contributed by atoms with Gasteiger partial charge in [0, 0.05) is 57.8 Å². The predicted octanol–water partition coefficient (Wildman–Crippen LogP) is 1.84. The number of halogens is 1. The van der Waals surface area contributed by atoms with E-state index in [0.29, 0.717) is 6.54 Å². The zero-order valence-corrected chi connectivity index (χ0v) is 17.7. The zero-order valence-electron chi connectivity index (χ0n) is 16.2. The van der Waals surface area contributed by atoms with Crippen LogP contribution >= 0.6 is 15.9 Å². The summed E-state index contributed by atoms with van der Waals surface area (Å²) in [4.78, 5) is 6.85. The van der Waals surface area contributed by atoms with Crippen molar-refractivity contribution in [2.75, 3.05) is 27.3 Å². The molecule has 0 aromatic carbocycles. The van der Waals surface area contributed by atoms with E-state index in [1.54, 1.807) is 7.11 Å². The third-order valence-corrected chi connectivity index (χ3v) is 4.63. The molecule has 26 heavy (non-hydrogen) atoms. The molecule has 0 spiro atoms. The summed E-state index contributed by atoms with van der Waals surface area (Å²) in [6, 6.07) is 2.12. The van der Waals surface area contributed by atoms with Gasteiger partial charge in [-0.05, 0) is 35.3 Å². The molecule has 2 aromatic heterocycles. The standard InChI is InChI=1S/C17H28BrN7O/c1-13-21-22-16(25(13)4)10-20-17(19-7-6-8-26-5)24(3)12-15-9-14(18)11-23(15)2/h9,11H,6-8,10,12H2,1-5H3,(H,19,20). The highest BCUT2D eigenvalue weighted by atomic mass is 79.9. The minimum Gasteiger partial charge on any atom is -0.385 e. The van der Waals surface area contributed by atoms with Crippen molar-refractivity contribution in [1.82, 2.24) is 29.5 Å². The lowest BCUT2D eigenvalue weighted by Crippen LogP contribution is -2.39. The maximum atomic E-state index is 5.12. The fourth-order valence-corrected chi connectivity index (χ4v) is 3.08. The molecule has 0 aliphatic rings. The number of nitrogens with zero attached hydrogens (tertiary/aromatic N) is 6. The van der Waals surface area contributed by atoms with Crippen LogP contribution in [0.15, 0.2) is 21.7 Å². The van der Waals surface area contributed by atoms with Crippen molar-refractivity contribution < 1.29 is 4.74 Å². The van der Waals surface area contributed by atoms with Crippen LogP contribution in [0.4, 0.5) is 0 Å². The first-order chi connectivity index (χ1) is 12.4. The number of aliphatic imine (C=N–C) groups is 1. The van der Waals surface area contributed by atoms with Gasteiger partial charge in [-0.3, -0.25) is 0 Å². The molecule has 2 heterocycles. The van der Waals surface area contributed by atoms with Crippen LogP contribution in [-0.4, -0.2) is 57.5 Å². The molecule has 0 aliphatic carbocycles. The summed E-state index contributed by atoms with van der Waals surface area (Å²) < 4.78 is 10.3. The Hall–Kier alpha value is -1.87. The number of ether oxygens (including phenoxy) is 1. The Morgan fingerprint density at radius 2 is 2.15 bits per heavy atom. The molecular formula is C17H28BrN7O. The van der Waals surface area contributed by atoms with Crippen LogP contribution in [0.25, 0.3) is 0 Å². The van der Waals surface area contributed by atoms with Gasteiger partial charge in [-0.2, -0.15) is 0 Å². The fraction of sp³-hybridized carbons (Fsp3) is 0.588. The first-order valence-electron chi connectivity index (χ1n) is 8.56. The van der Waals surface area contributed by atoms with Gasteiger partial charge in [-0.1, -0.05) is 0 Å². The minimum absolute atomic E-state index is 0.477. The number of aryl methyl sites for hydroxylation is 2. The molecular weight excluding hydrogens is 398 g/mol. The molecule has 0 amide bonds. The number of aromatic nitrogens is 4. The average molecular weight is 426 g/mol. The lowest BCUT2D eigenvalue weighted by atomic mass is 10.4. The molecule has 8 nitrogen and oxygen atoms in total. The number of hydrogen-bond donors (Lipinski definition) is 1. The molecule has 0 radical (unpaired) electrons. The molecule has 0 aliphatic heterocycles. The molecule has 0 atom stereocenters. The van der Waals surface area contributed by atoms with Gasteiger partial charge < -0.3 is 24.1 Å². The molecule has 0 saturated heterocycles. The van der Waals surface area contributed by atoms with E-state index >= 15 is 0 Å². The summed E-state index contributed by atoms with van der Waals surface area (Å²) in [5.41, 5.74) is 1.19. The maximum Gasteiger partial charge on any atom is 0.194 e. The van der Waals surface area contributed by atoms with Crippen molar-refractivity contribution in [3.63, 3.8) is 0 Å². The van der Waals surface area contributed by atoms with Gasteiger partial charge in [0.1, 0.15) is 12.4 Å². The van der Waals surface area contributed by atoms with Gasteiger partial charge in [-0.15, -0.1) is 10.2 Å². The molecule has 0 fully saturated rings. The van der Waals surface area contributed by atoms with Gasteiger partial charge in [0.2, 0.25) is 0 Å².